The lowest BCUT2D eigenvalue weighted by atomic mass is 10.0. The van der Waals surface area contributed by atoms with Crippen LogP contribution in [0.1, 0.15) is 82.0 Å². The fourth-order valence-corrected chi connectivity index (χ4v) is 6.34. The van der Waals surface area contributed by atoms with Crippen molar-refractivity contribution >= 4 is 49.3 Å². The summed E-state index contributed by atoms with van der Waals surface area (Å²) in [6.45, 7) is 16.4. The van der Waals surface area contributed by atoms with Crippen LogP contribution in [0.3, 0.4) is 0 Å². The Hall–Kier alpha value is -4.75. The van der Waals surface area contributed by atoms with Gasteiger partial charge >= 0.3 is 12.1 Å². The van der Waals surface area contributed by atoms with Gasteiger partial charge in [0, 0.05) is 38.4 Å². The van der Waals surface area contributed by atoms with Crippen LogP contribution in [0, 0.1) is 5.82 Å². The van der Waals surface area contributed by atoms with E-state index in [-0.39, 0.29) is 29.3 Å². The lowest BCUT2D eigenvalue weighted by Crippen LogP contribution is -2.43. The van der Waals surface area contributed by atoms with E-state index in [1.54, 1.807) is 34.9 Å². The normalized spacial score (nSPS) is 12.4. The molecular formula is C39H53FN4O7Si. The number of hydrogen-bond acceptors (Lipinski definition) is 7. The molecule has 3 N–H and O–H groups in total. The third-order valence-electron chi connectivity index (χ3n) is 8.81. The smallest absolute Gasteiger partial charge is 0.410 e. The van der Waals surface area contributed by atoms with Crippen LogP contribution in [0.15, 0.2) is 66.7 Å². The Balaban J connectivity index is 2.05. The highest BCUT2D eigenvalue weighted by molar-refractivity contribution is 6.74. The summed E-state index contributed by atoms with van der Waals surface area (Å²) >= 11 is 0. The molecule has 0 bridgehead atoms. The second-order valence-corrected chi connectivity index (χ2v) is 20.2. The van der Waals surface area contributed by atoms with Gasteiger partial charge in [0.05, 0.1) is 23.0 Å². The Labute approximate surface area is 307 Å². The van der Waals surface area contributed by atoms with Crippen LogP contribution < -0.4 is 15.5 Å². The Morgan fingerprint density at radius 3 is 2.04 bits per heavy atom. The predicted octanol–water partition coefficient (Wildman–Crippen LogP) is 8.45. The molecule has 0 saturated carbocycles. The van der Waals surface area contributed by atoms with Gasteiger partial charge in [0.1, 0.15) is 17.8 Å². The molecule has 0 aromatic heterocycles. The highest BCUT2D eigenvalue weighted by Crippen LogP contribution is 2.44. The van der Waals surface area contributed by atoms with Gasteiger partial charge in [-0.3, -0.25) is 9.59 Å². The van der Waals surface area contributed by atoms with Gasteiger partial charge < -0.3 is 34.7 Å². The van der Waals surface area contributed by atoms with E-state index < -0.39 is 56.1 Å². The second kappa shape index (κ2) is 17.2. The molecule has 3 aromatic carbocycles. The first-order valence-corrected chi connectivity index (χ1v) is 20.1. The molecule has 0 aliphatic heterocycles. The summed E-state index contributed by atoms with van der Waals surface area (Å²) in [5.74, 6) is -2.93. The average molecular weight is 737 g/mol. The number of carboxylic acids is 1. The van der Waals surface area contributed by atoms with Crippen molar-refractivity contribution in [3.8, 4) is 0 Å². The van der Waals surface area contributed by atoms with Crippen LogP contribution in [0.2, 0.25) is 18.1 Å². The summed E-state index contributed by atoms with van der Waals surface area (Å²) in [5, 5.41) is 14.5. The molecule has 0 saturated heterocycles. The van der Waals surface area contributed by atoms with Crippen molar-refractivity contribution in [2.75, 3.05) is 36.2 Å². The van der Waals surface area contributed by atoms with Gasteiger partial charge in [-0.05, 0) is 87.3 Å². The number of carbonyl (C=O) groups excluding carboxylic acids is 3. The molecule has 3 rings (SSSR count). The SMILES string of the molecule is CN(CCC(O[Si](C)(C)C(C)(C)C)c1cc(F)cc(N(C)Cc2ccccc2)c1NC(=O)CC(=O)Nc1ccc(C(=O)O)cc1)C(=O)OC(C)(C)C. The highest BCUT2D eigenvalue weighted by atomic mass is 28.4. The van der Waals surface area contributed by atoms with Crippen LogP contribution >= 0.6 is 0 Å². The average Bonchev–Trinajstić information content (AvgIpc) is 3.02. The zero-order valence-corrected chi connectivity index (χ0v) is 32.9. The molecule has 1 unspecified atom stereocenters. The number of hydrogen-bond donors (Lipinski definition) is 3. The van der Waals surface area contributed by atoms with Crippen molar-refractivity contribution in [1.82, 2.24) is 4.90 Å². The maximum absolute atomic E-state index is 15.7. The highest BCUT2D eigenvalue weighted by Gasteiger charge is 2.40. The van der Waals surface area contributed by atoms with E-state index in [9.17, 15) is 19.2 Å². The van der Waals surface area contributed by atoms with Crippen molar-refractivity contribution in [3.05, 3.63) is 89.2 Å². The maximum Gasteiger partial charge on any atom is 0.410 e. The van der Waals surface area contributed by atoms with Crippen molar-refractivity contribution in [3.63, 3.8) is 0 Å². The third-order valence-corrected chi connectivity index (χ3v) is 13.3. The molecule has 0 radical (unpaired) electrons. The van der Waals surface area contributed by atoms with Crippen LogP contribution in [0.4, 0.5) is 26.2 Å². The molecule has 3 amide bonds. The number of anilines is 3. The number of rotatable bonds is 14. The number of amides is 3. The first-order valence-electron chi connectivity index (χ1n) is 17.2. The van der Waals surface area contributed by atoms with Crippen molar-refractivity contribution in [2.45, 2.75) is 90.8 Å². The van der Waals surface area contributed by atoms with E-state index in [2.05, 4.69) is 44.5 Å². The minimum absolute atomic E-state index is 0.0542. The first-order chi connectivity index (χ1) is 24.1. The monoisotopic (exact) mass is 736 g/mol. The lowest BCUT2D eigenvalue weighted by Gasteiger charge is -2.40. The van der Waals surface area contributed by atoms with Gasteiger partial charge in [0.15, 0.2) is 8.32 Å². The second-order valence-electron chi connectivity index (χ2n) is 15.4. The lowest BCUT2D eigenvalue weighted by molar-refractivity contribution is -0.123. The Morgan fingerprint density at radius 2 is 1.48 bits per heavy atom. The number of benzene rings is 3. The summed E-state index contributed by atoms with van der Waals surface area (Å²) in [6.07, 6.45) is -1.60. The Morgan fingerprint density at radius 1 is 0.885 bits per heavy atom. The molecule has 0 heterocycles. The third kappa shape index (κ3) is 12.2. The number of aromatic carboxylic acids is 1. The van der Waals surface area contributed by atoms with Crippen LogP contribution in [-0.2, 0) is 25.3 Å². The Kier molecular flexibility index (Phi) is 13.8. The largest absolute Gasteiger partial charge is 0.478 e. The van der Waals surface area contributed by atoms with E-state index in [4.69, 9.17) is 14.3 Å². The molecule has 0 spiro atoms. The first kappa shape index (κ1) is 41.7. The Bertz CT molecular complexity index is 1720. The molecule has 11 nitrogen and oxygen atoms in total. The molecule has 0 aliphatic carbocycles. The van der Waals surface area contributed by atoms with Gasteiger partial charge in [-0.15, -0.1) is 0 Å². The number of carbonyl (C=O) groups is 4. The van der Waals surface area contributed by atoms with Crippen molar-refractivity contribution in [1.29, 1.82) is 0 Å². The fraction of sp³-hybridized carbons (Fsp3) is 0.436. The van der Waals surface area contributed by atoms with E-state index in [0.717, 1.165) is 5.56 Å². The van der Waals surface area contributed by atoms with E-state index in [0.29, 0.717) is 23.5 Å². The maximum atomic E-state index is 15.7. The van der Waals surface area contributed by atoms with Gasteiger partial charge in [-0.25, -0.2) is 14.0 Å². The van der Waals surface area contributed by atoms with Crippen LogP contribution in [0.5, 0.6) is 0 Å². The van der Waals surface area contributed by atoms with E-state index >= 15 is 4.39 Å². The number of halogens is 1. The summed E-state index contributed by atoms with van der Waals surface area (Å²) in [7, 11) is 0.871. The molecule has 282 valence electrons. The van der Waals surface area contributed by atoms with Gasteiger partial charge in [0.2, 0.25) is 11.8 Å². The van der Waals surface area contributed by atoms with Crippen molar-refractivity contribution in [2.24, 2.45) is 0 Å². The summed E-state index contributed by atoms with van der Waals surface area (Å²) in [6, 6.07) is 17.8. The van der Waals surface area contributed by atoms with Crippen LogP contribution in [-0.4, -0.2) is 68.4 Å². The molecule has 0 fully saturated rings. The summed E-state index contributed by atoms with van der Waals surface area (Å²) in [4.78, 5) is 54.0. The number of ether oxygens (including phenoxy) is 1. The topological polar surface area (TPSA) is 138 Å². The fourth-order valence-electron chi connectivity index (χ4n) is 5.03. The minimum atomic E-state index is -2.54. The number of nitrogens with zero attached hydrogens (tertiary/aromatic N) is 2. The molecule has 3 aromatic rings. The zero-order chi connectivity index (χ0) is 39.0. The summed E-state index contributed by atoms with van der Waals surface area (Å²) in [5.41, 5.74) is 1.66. The summed E-state index contributed by atoms with van der Waals surface area (Å²) < 4.78 is 28.2. The standard InChI is InChI=1S/C39H53FN4O7Si/c1-38(2,3)50-37(49)43(7)21-20-32(51-52(9,10)39(4,5)6)30-22-28(40)23-31(44(8)25-26-14-12-11-13-15-26)35(30)42-34(46)24-33(45)41-29-18-16-27(17-19-29)36(47)48/h11-19,22-23,32H,20-21,24-25H2,1-10H3,(H,41,45)(H,42,46)(H,47,48). The van der Waals surface area contributed by atoms with Gasteiger partial charge in [-0.2, -0.15) is 0 Å². The number of nitrogens with one attached hydrogen (secondary N) is 2. The predicted molar refractivity (Wildman–Crippen MR) is 205 cm³/mol. The van der Waals surface area contributed by atoms with Crippen LogP contribution in [0.25, 0.3) is 0 Å². The van der Waals surface area contributed by atoms with E-state index in [1.807, 2.05) is 35.2 Å². The van der Waals surface area contributed by atoms with Gasteiger partial charge in [0.25, 0.3) is 0 Å². The molecule has 13 heteroatoms. The quantitative estimate of drug-likeness (QED) is 0.111. The van der Waals surface area contributed by atoms with Crippen molar-refractivity contribution < 1.29 is 37.8 Å². The molecule has 52 heavy (non-hydrogen) atoms. The zero-order valence-electron chi connectivity index (χ0n) is 31.9. The van der Waals surface area contributed by atoms with Gasteiger partial charge in [-0.1, -0.05) is 51.1 Å². The molecule has 0 aliphatic rings. The van der Waals surface area contributed by atoms with E-state index in [1.165, 1.54) is 41.3 Å². The number of carboxylic acid groups (broad SMARTS) is 1. The minimum Gasteiger partial charge on any atom is -0.478 e. The molecule has 1 atom stereocenters. The molecular weight excluding hydrogens is 684 g/mol.